The van der Waals surface area contributed by atoms with Gasteiger partial charge in [-0.2, -0.15) is 0 Å². The van der Waals surface area contributed by atoms with Crippen molar-refractivity contribution >= 4 is 18.1 Å². The average molecular weight is 368 g/mol. The number of ether oxygens (including phenoxy) is 1. The third-order valence-electron chi connectivity index (χ3n) is 3.94. The standard InChI is InChI=1S/C21H24N2O4/c1-15(2)18-8-4-17(5-9-18)13-23-27-14-20(24)22-12-16-6-10-19(11-7-16)21(25)26-3/h4-11,13,15H,12,14H2,1-3H3,(H,22,24)/b23-13-. The maximum atomic E-state index is 11.8. The van der Waals surface area contributed by atoms with Crippen LogP contribution in [0.1, 0.15) is 46.8 Å². The molecule has 0 saturated heterocycles. The van der Waals surface area contributed by atoms with Gasteiger partial charge in [-0.3, -0.25) is 4.79 Å². The molecule has 0 aliphatic carbocycles. The fraction of sp³-hybridized carbons (Fsp3) is 0.286. The first-order chi connectivity index (χ1) is 13.0. The average Bonchev–Trinajstić information content (AvgIpc) is 2.69. The number of benzene rings is 2. The van der Waals surface area contributed by atoms with Crippen LogP contribution < -0.4 is 5.32 Å². The van der Waals surface area contributed by atoms with E-state index >= 15 is 0 Å². The minimum Gasteiger partial charge on any atom is -0.465 e. The Hall–Kier alpha value is -3.15. The monoisotopic (exact) mass is 368 g/mol. The third kappa shape index (κ3) is 6.58. The molecule has 0 fully saturated rings. The molecule has 1 N–H and O–H groups in total. The lowest BCUT2D eigenvalue weighted by Crippen LogP contribution is -2.26. The molecular weight excluding hydrogens is 344 g/mol. The van der Waals surface area contributed by atoms with Crippen LogP contribution in [0.5, 0.6) is 0 Å². The molecule has 0 atom stereocenters. The number of nitrogens with zero attached hydrogens (tertiary/aromatic N) is 1. The summed E-state index contributed by atoms with van der Waals surface area (Å²) in [7, 11) is 1.33. The fourth-order valence-electron chi connectivity index (χ4n) is 2.29. The summed E-state index contributed by atoms with van der Waals surface area (Å²) < 4.78 is 4.64. The van der Waals surface area contributed by atoms with Crippen molar-refractivity contribution in [2.45, 2.75) is 26.3 Å². The first-order valence-electron chi connectivity index (χ1n) is 8.69. The van der Waals surface area contributed by atoms with Crippen LogP contribution in [-0.4, -0.2) is 31.8 Å². The van der Waals surface area contributed by atoms with Gasteiger partial charge < -0.3 is 14.9 Å². The van der Waals surface area contributed by atoms with Gasteiger partial charge in [0.15, 0.2) is 6.61 Å². The van der Waals surface area contributed by atoms with Crippen molar-refractivity contribution in [2.75, 3.05) is 13.7 Å². The zero-order valence-corrected chi connectivity index (χ0v) is 15.8. The summed E-state index contributed by atoms with van der Waals surface area (Å²) >= 11 is 0. The number of nitrogens with one attached hydrogen (secondary N) is 1. The summed E-state index contributed by atoms with van der Waals surface area (Å²) in [5.41, 5.74) is 3.49. The summed E-state index contributed by atoms with van der Waals surface area (Å²) in [5.74, 6) is -0.192. The highest BCUT2D eigenvalue weighted by Crippen LogP contribution is 2.13. The number of hydrogen-bond acceptors (Lipinski definition) is 5. The van der Waals surface area contributed by atoms with Crippen molar-refractivity contribution in [1.29, 1.82) is 0 Å². The van der Waals surface area contributed by atoms with E-state index in [1.165, 1.54) is 12.7 Å². The van der Waals surface area contributed by atoms with Gasteiger partial charge in [0, 0.05) is 6.54 Å². The first-order valence-corrected chi connectivity index (χ1v) is 8.69. The van der Waals surface area contributed by atoms with E-state index < -0.39 is 5.97 Å². The highest BCUT2D eigenvalue weighted by Gasteiger charge is 2.05. The van der Waals surface area contributed by atoms with Gasteiger partial charge in [0.2, 0.25) is 0 Å². The maximum absolute atomic E-state index is 11.8. The molecule has 0 aliphatic rings. The Kier molecular flexibility index (Phi) is 7.55. The van der Waals surface area contributed by atoms with Crippen LogP contribution in [0.25, 0.3) is 0 Å². The predicted molar refractivity (Wildman–Crippen MR) is 104 cm³/mol. The quantitative estimate of drug-likeness (QED) is 0.441. The molecule has 0 aliphatic heterocycles. The lowest BCUT2D eigenvalue weighted by molar-refractivity contribution is -0.125. The maximum Gasteiger partial charge on any atom is 0.337 e. The number of amides is 1. The second-order valence-corrected chi connectivity index (χ2v) is 6.29. The largest absolute Gasteiger partial charge is 0.465 e. The highest BCUT2D eigenvalue weighted by molar-refractivity contribution is 5.89. The summed E-state index contributed by atoms with van der Waals surface area (Å²) in [6.45, 7) is 4.45. The van der Waals surface area contributed by atoms with Gasteiger partial charge in [-0.15, -0.1) is 0 Å². The van der Waals surface area contributed by atoms with Crippen molar-refractivity contribution in [1.82, 2.24) is 5.32 Å². The molecule has 0 bridgehead atoms. The molecule has 0 aromatic heterocycles. The van der Waals surface area contributed by atoms with E-state index in [-0.39, 0.29) is 12.5 Å². The number of rotatable bonds is 8. The molecule has 2 aromatic rings. The SMILES string of the molecule is COC(=O)c1ccc(CNC(=O)CO/N=C\c2ccc(C(C)C)cc2)cc1. The van der Waals surface area contributed by atoms with E-state index in [2.05, 4.69) is 29.1 Å². The van der Waals surface area contributed by atoms with Gasteiger partial charge in [-0.05, 0) is 34.7 Å². The van der Waals surface area contributed by atoms with Crippen molar-refractivity contribution in [3.05, 3.63) is 70.8 Å². The molecule has 2 aromatic carbocycles. The number of carbonyl (C=O) groups is 2. The molecule has 0 saturated carbocycles. The summed E-state index contributed by atoms with van der Waals surface area (Å²) in [5, 5.41) is 6.54. The zero-order valence-electron chi connectivity index (χ0n) is 15.8. The molecule has 6 nitrogen and oxygen atoms in total. The summed E-state index contributed by atoms with van der Waals surface area (Å²) in [6, 6.07) is 14.8. The zero-order chi connectivity index (χ0) is 19.6. The second kappa shape index (κ2) is 10.1. The number of carbonyl (C=O) groups excluding carboxylic acids is 2. The topological polar surface area (TPSA) is 77.0 Å². The van der Waals surface area contributed by atoms with Crippen LogP contribution in [0.4, 0.5) is 0 Å². The fourth-order valence-corrected chi connectivity index (χ4v) is 2.29. The second-order valence-electron chi connectivity index (χ2n) is 6.29. The molecule has 0 unspecified atom stereocenters. The molecule has 2 rings (SSSR count). The molecule has 0 spiro atoms. The van der Waals surface area contributed by atoms with Crippen LogP contribution in [-0.2, 0) is 20.9 Å². The van der Waals surface area contributed by atoms with Crippen molar-refractivity contribution in [3.8, 4) is 0 Å². The van der Waals surface area contributed by atoms with Crippen LogP contribution in [0.15, 0.2) is 53.7 Å². The van der Waals surface area contributed by atoms with E-state index in [1.54, 1.807) is 30.5 Å². The Morgan fingerprint density at radius 1 is 1.07 bits per heavy atom. The minimum atomic E-state index is -0.393. The lowest BCUT2D eigenvalue weighted by Gasteiger charge is -2.06. The van der Waals surface area contributed by atoms with Gasteiger partial charge in [0.25, 0.3) is 5.91 Å². The number of methoxy groups -OCH3 is 1. The van der Waals surface area contributed by atoms with Gasteiger partial charge in [0.05, 0.1) is 18.9 Å². The highest BCUT2D eigenvalue weighted by atomic mass is 16.6. The van der Waals surface area contributed by atoms with E-state index in [0.29, 0.717) is 18.0 Å². The van der Waals surface area contributed by atoms with E-state index in [4.69, 9.17) is 4.84 Å². The Morgan fingerprint density at radius 3 is 2.33 bits per heavy atom. The Bertz CT molecular complexity index is 781. The van der Waals surface area contributed by atoms with Crippen LogP contribution in [0.2, 0.25) is 0 Å². The normalized spacial score (nSPS) is 10.8. The van der Waals surface area contributed by atoms with E-state index in [1.807, 2.05) is 24.3 Å². The van der Waals surface area contributed by atoms with Crippen molar-refractivity contribution in [2.24, 2.45) is 5.16 Å². The van der Waals surface area contributed by atoms with Gasteiger partial charge in [0.1, 0.15) is 0 Å². The van der Waals surface area contributed by atoms with Crippen LogP contribution in [0, 0.1) is 0 Å². The minimum absolute atomic E-state index is 0.166. The predicted octanol–water partition coefficient (Wildman–Crippen LogP) is 3.26. The number of esters is 1. The van der Waals surface area contributed by atoms with Crippen molar-refractivity contribution < 1.29 is 19.2 Å². The lowest BCUT2D eigenvalue weighted by atomic mass is 10.0. The number of hydrogen-bond donors (Lipinski definition) is 1. The Balaban J connectivity index is 1.72. The molecule has 142 valence electrons. The van der Waals surface area contributed by atoms with Crippen LogP contribution >= 0.6 is 0 Å². The molecular formula is C21H24N2O4. The number of oxime groups is 1. The van der Waals surface area contributed by atoms with Gasteiger partial charge in [-0.1, -0.05) is 55.4 Å². The molecule has 0 radical (unpaired) electrons. The molecule has 0 heterocycles. The summed E-state index contributed by atoms with van der Waals surface area (Å²) in [4.78, 5) is 28.2. The molecule has 27 heavy (non-hydrogen) atoms. The smallest absolute Gasteiger partial charge is 0.337 e. The molecule has 6 heteroatoms. The first kappa shape index (κ1) is 20.2. The summed E-state index contributed by atoms with van der Waals surface area (Å²) in [6.07, 6.45) is 1.57. The van der Waals surface area contributed by atoms with Gasteiger partial charge >= 0.3 is 5.97 Å². The van der Waals surface area contributed by atoms with E-state index in [9.17, 15) is 9.59 Å². The Labute approximate surface area is 159 Å². The molecule has 1 amide bonds. The Morgan fingerprint density at radius 2 is 1.74 bits per heavy atom. The van der Waals surface area contributed by atoms with E-state index in [0.717, 1.165) is 11.1 Å². The van der Waals surface area contributed by atoms with Crippen molar-refractivity contribution in [3.63, 3.8) is 0 Å². The third-order valence-corrected chi connectivity index (χ3v) is 3.94. The van der Waals surface area contributed by atoms with Gasteiger partial charge in [-0.25, -0.2) is 4.79 Å². The van der Waals surface area contributed by atoms with Crippen LogP contribution in [0.3, 0.4) is 0 Å².